The lowest BCUT2D eigenvalue weighted by molar-refractivity contribution is -0.139. The van der Waals surface area contributed by atoms with Gasteiger partial charge in [0.1, 0.15) is 23.1 Å². The van der Waals surface area contributed by atoms with Gasteiger partial charge in [0.05, 0.1) is 10.8 Å². The normalized spacial score (nSPS) is 11.7. The van der Waals surface area contributed by atoms with Crippen LogP contribution in [0.3, 0.4) is 0 Å². The summed E-state index contributed by atoms with van der Waals surface area (Å²) in [5, 5.41) is 0. The minimum atomic E-state index is -1.18. The summed E-state index contributed by atoms with van der Waals surface area (Å²) < 4.78 is 0. The Morgan fingerprint density at radius 3 is 1.03 bits per heavy atom. The molecule has 0 amide bonds. The fourth-order valence-corrected chi connectivity index (χ4v) is 5.05. The Balaban J connectivity index is 1.97. The number of rotatable bonds is 12. The molecule has 0 aliphatic carbocycles. The second kappa shape index (κ2) is 11.4. The fourth-order valence-electron chi connectivity index (χ4n) is 5.05. The maximum absolute atomic E-state index is 12.9. The predicted molar refractivity (Wildman–Crippen MR) is 142 cm³/mol. The van der Waals surface area contributed by atoms with Gasteiger partial charge in [-0.05, 0) is 75.6 Å². The smallest absolute Gasteiger partial charge is 0.144 e. The monoisotopic (exact) mass is 482 g/mol. The molecular formula is C32H34O4. The third-order valence-corrected chi connectivity index (χ3v) is 7.40. The molecule has 4 heteroatoms. The molecule has 0 heterocycles. The van der Waals surface area contributed by atoms with Gasteiger partial charge < -0.3 is 0 Å². The number of Topliss-reactive ketones (excluding diaryl/α,β-unsaturated/α-hetero) is 4. The lowest BCUT2D eigenvalue weighted by Crippen LogP contribution is -2.41. The zero-order valence-corrected chi connectivity index (χ0v) is 21.5. The molecule has 186 valence electrons. The molecule has 0 saturated heterocycles. The average Bonchev–Trinajstić information content (AvgIpc) is 2.84. The van der Waals surface area contributed by atoms with Crippen LogP contribution in [0.5, 0.6) is 0 Å². The molecule has 0 radical (unpaired) electrons. The molecule has 0 aliphatic rings. The van der Waals surface area contributed by atoms with Crippen LogP contribution in [0.25, 0.3) is 0 Å². The Morgan fingerprint density at radius 1 is 0.444 bits per heavy atom. The molecule has 0 unspecified atom stereocenters. The Kier molecular flexibility index (Phi) is 8.52. The molecule has 4 nitrogen and oxygen atoms in total. The number of carbonyl (C=O) groups excluding carboxylic acids is 4. The van der Waals surface area contributed by atoms with Gasteiger partial charge in [-0.3, -0.25) is 19.2 Å². The van der Waals surface area contributed by atoms with E-state index >= 15 is 0 Å². The van der Waals surface area contributed by atoms with Gasteiger partial charge in [-0.25, -0.2) is 0 Å². The predicted octanol–water partition coefficient (Wildman–Crippen LogP) is 5.59. The van der Waals surface area contributed by atoms with Crippen molar-refractivity contribution < 1.29 is 19.2 Å². The number of carbonyl (C=O) groups is 4. The molecule has 3 rings (SSSR count). The highest BCUT2D eigenvalue weighted by Gasteiger charge is 2.42. The summed E-state index contributed by atoms with van der Waals surface area (Å²) in [5.41, 5.74) is 1.15. The Morgan fingerprint density at radius 2 is 0.722 bits per heavy atom. The molecule has 0 aliphatic heterocycles. The van der Waals surface area contributed by atoms with Gasteiger partial charge in [0.15, 0.2) is 0 Å². The maximum Gasteiger partial charge on any atom is 0.144 e. The van der Waals surface area contributed by atoms with E-state index in [1.54, 1.807) is 0 Å². The minimum absolute atomic E-state index is 0.171. The second-order valence-electron chi connectivity index (χ2n) is 9.89. The average molecular weight is 483 g/mol. The van der Waals surface area contributed by atoms with Crippen LogP contribution in [-0.2, 0) is 44.9 Å². The quantitative estimate of drug-likeness (QED) is 0.316. The van der Waals surface area contributed by atoms with Crippen LogP contribution in [0, 0.1) is 10.8 Å². The molecule has 0 saturated carbocycles. The van der Waals surface area contributed by atoms with Gasteiger partial charge in [0, 0.05) is 0 Å². The van der Waals surface area contributed by atoms with Crippen molar-refractivity contribution in [2.75, 3.05) is 0 Å². The summed E-state index contributed by atoms with van der Waals surface area (Å²) in [6, 6.07) is 26.7. The van der Waals surface area contributed by atoms with E-state index in [0.717, 1.165) is 22.3 Å². The first-order valence-corrected chi connectivity index (χ1v) is 12.3. The summed E-state index contributed by atoms with van der Waals surface area (Å²) >= 11 is 0. The highest BCUT2D eigenvalue weighted by atomic mass is 16.2. The zero-order valence-electron chi connectivity index (χ0n) is 21.5. The van der Waals surface area contributed by atoms with Crippen LogP contribution in [0.1, 0.15) is 49.9 Å². The van der Waals surface area contributed by atoms with Crippen molar-refractivity contribution in [3.63, 3.8) is 0 Å². The molecule has 0 spiro atoms. The van der Waals surface area contributed by atoms with E-state index in [4.69, 9.17) is 0 Å². The van der Waals surface area contributed by atoms with E-state index in [-0.39, 0.29) is 36.0 Å². The highest BCUT2D eigenvalue weighted by Crippen LogP contribution is 2.34. The molecule has 0 fully saturated rings. The number of benzene rings is 3. The first kappa shape index (κ1) is 26.9. The molecule has 0 aromatic heterocycles. The van der Waals surface area contributed by atoms with Crippen LogP contribution < -0.4 is 0 Å². The summed E-state index contributed by atoms with van der Waals surface area (Å²) in [4.78, 5) is 51.6. The Bertz CT molecular complexity index is 1120. The van der Waals surface area contributed by atoms with Gasteiger partial charge in [-0.2, -0.15) is 0 Å². The molecule has 0 N–H and O–H groups in total. The van der Waals surface area contributed by atoms with Crippen molar-refractivity contribution in [1.29, 1.82) is 0 Å². The van der Waals surface area contributed by atoms with Crippen molar-refractivity contribution in [1.82, 2.24) is 0 Å². The first-order chi connectivity index (χ1) is 17.1. The maximum atomic E-state index is 12.9. The number of hydrogen-bond donors (Lipinski definition) is 0. The van der Waals surface area contributed by atoms with Gasteiger partial charge in [0.2, 0.25) is 0 Å². The van der Waals surface area contributed by atoms with E-state index in [1.807, 2.05) is 84.9 Å². The molecule has 3 aromatic carbocycles. The summed E-state index contributed by atoms with van der Waals surface area (Å²) in [6.45, 7) is 5.91. The van der Waals surface area contributed by atoms with Gasteiger partial charge in [0.25, 0.3) is 0 Å². The van der Waals surface area contributed by atoms with E-state index in [9.17, 15) is 19.2 Å². The summed E-state index contributed by atoms with van der Waals surface area (Å²) in [7, 11) is 0. The number of hydrogen-bond acceptors (Lipinski definition) is 4. The van der Waals surface area contributed by atoms with Crippen LogP contribution >= 0.6 is 0 Å². The van der Waals surface area contributed by atoms with Crippen molar-refractivity contribution in [3.05, 3.63) is 107 Å². The highest BCUT2D eigenvalue weighted by molar-refractivity contribution is 6.06. The summed E-state index contributed by atoms with van der Waals surface area (Å²) in [6.07, 6.45) is 1.15. The van der Waals surface area contributed by atoms with E-state index in [0.29, 0.717) is 12.8 Å². The van der Waals surface area contributed by atoms with E-state index in [1.165, 1.54) is 27.7 Å². The van der Waals surface area contributed by atoms with Gasteiger partial charge >= 0.3 is 0 Å². The molecular weight excluding hydrogens is 448 g/mol. The third kappa shape index (κ3) is 5.93. The molecule has 36 heavy (non-hydrogen) atoms. The van der Waals surface area contributed by atoms with E-state index in [2.05, 4.69) is 0 Å². The zero-order chi connectivity index (χ0) is 26.3. The van der Waals surface area contributed by atoms with Crippen molar-refractivity contribution in [3.8, 4) is 0 Å². The van der Waals surface area contributed by atoms with Gasteiger partial charge in [-0.15, -0.1) is 0 Å². The third-order valence-electron chi connectivity index (χ3n) is 7.40. The van der Waals surface area contributed by atoms with Crippen LogP contribution in [0.2, 0.25) is 0 Å². The Hall–Kier alpha value is -3.66. The fraction of sp³-hybridized carbons (Fsp3) is 0.312. The Labute approximate surface area is 213 Å². The van der Waals surface area contributed by atoms with Crippen LogP contribution in [0.15, 0.2) is 84.9 Å². The first-order valence-electron chi connectivity index (χ1n) is 12.3. The van der Waals surface area contributed by atoms with Crippen molar-refractivity contribution in [2.45, 2.75) is 53.4 Å². The van der Waals surface area contributed by atoms with Crippen LogP contribution in [0.4, 0.5) is 0 Å². The molecule has 0 atom stereocenters. The van der Waals surface area contributed by atoms with Gasteiger partial charge in [-0.1, -0.05) is 84.9 Å². The lowest BCUT2D eigenvalue weighted by atomic mass is 9.69. The molecule has 3 aromatic rings. The minimum Gasteiger partial charge on any atom is -0.299 e. The standard InChI is InChI=1S/C32H34O4/c1-23(33)31(24(2)34,19-27-12-7-5-8-13-27)21-29-16-11-17-30(18-29)22-32(25(3)35,26(4)36)20-28-14-9-6-10-15-28/h5-18H,19-22H2,1-4H3. The topological polar surface area (TPSA) is 68.3 Å². The van der Waals surface area contributed by atoms with Crippen LogP contribution in [-0.4, -0.2) is 23.1 Å². The lowest BCUT2D eigenvalue weighted by Gasteiger charge is -2.31. The second-order valence-corrected chi connectivity index (χ2v) is 9.89. The largest absolute Gasteiger partial charge is 0.299 e. The van der Waals surface area contributed by atoms with E-state index < -0.39 is 10.8 Å². The SMILES string of the molecule is CC(=O)C(Cc1ccccc1)(Cc1cccc(CC(Cc2ccccc2)(C(C)=O)C(C)=O)c1)C(C)=O. The van der Waals surface area contributed by atoms with Crippen molar-refractivity contribution >= 4 is 23.1 Å². The molecule has 0 bridgehead atoms. The van der Waals surface area contributed by atoms with Crippen molar-refractivity contribution in [2.24, 2.45) is 10.8 Å². The number of ketones is 4. The summed E-state index contributed by atoms with van der Waals surface area (Å²) in [5.74, 6) is -0.685.